The molecule has 6 heteroatoms. The molecule has 0 saturated carbocycles. The van der Waals surface area contributed by atoms with Gasteiger partial charge in [0.25, 0.3) is 5.91 Å². The van der Waals surface area contributed by atoms with Crippen LogP contribution < -0.4 is 9.47 Å². The number of hydrogen-bond donors (Lipinski definition) is 0. The topological polar surface area (TPSA) is 38.8 Å². The Labute approximate surface area is 136 Å². The van der Waals surface area contributed by atoms with Gasteiger partial charge in [0.05, 0.1) is 17.4 Å². The molecular formula is C15H16BrNO3S. The van der Waals surface area contributed by atoms with Crippen LogP contribution in [0.4, 0.5) is 0 Å². The van der Waals surface area contributed by atoms with E-state index in [9.17, 15) is 4.79 Å². The molecular weight excluding hydrogens is 354 g/mol. The third kappa shape index (κ3) is 4.47. The number of carbonyl (C=O) groups is 1. The van der Waals surface area contributed by atoms with Gasteiger partial charge < -0.3 is 14.4 Å². The van der Waals surface area contributed by atoms with Gasteiger partial charge in [0.2, 0.25) is 0 Å². The van der Waals surface area contributed by atoms with Crippen molar-refractivity contribution in [3.8, 4) is 11.5 Å². The number of hydrogen-bond acceptors (Lipinski definition) is 4. The maximum absolute atomic E-state index is 12.1. The van der Waals surface area contributed by atoms with Gasteiger partial charge in [0, 0.05) is 11.9 Å². The molecule has 0 spiro atoms. The van der Waals surface area contributed by atoms with Crippen LogP contribution in [0.15, 0.2) is 40.2 Å². The summed E-state index contributed by atoms with van der Waals surface area (Å²) >= 11 is 5.03. The van der Waals surface area contributed by atoms with Crippen LogP contribution in [-0.4, -0.2) is 31.6 Å². The molecule has 0 aliphatic carbocycles. The number of halogens is 1. The van der Waals surface area contributed by atoms with Crippen molar-refractivity contribution in [3.63, 3.8) is 0 Å². The molecule has 2 aromatic rings. The zero-order valence-electron chi connectivity index (χ0n) is 11.8. The van der Waals surface area contributed by atoms with Gasteiger partial charge in [-0.25, -0.2) is 0 Å². The maximum Gasteiger partial charge on any atom is 0.260 e. The number of para-hydroxylation sites is 2. The highest BCUT2D eigenvalue weighted by Crippen LogP contribution is 2.26. The monoisotopic (exact) mass is 369 g/mol. The van der Waals surface area contributed by atoms with Crippen molar-refractivity contribution in [1.29, 1.82) is 0 Å². The highest BCUT2D eigenvalue weighted by molar-refractivity contribution is 9.11. The van der Waals surface area contributed by atoms with Crippen LogP contribution in [0, 0.1) is 0 Å². The second-order valence-corrected chi connectivity index (χ2v) is 6.94. The van der Waals surface area contributed by atoms with Crippen LogP contribution in [0.2, 0.25) is 0 Å². The lowest BCUT2D eigenvalue weighted by molar-refractivity contribution is -0.132. The fourth-order valence-corrected chi connectivity index (χ4v) is 3.28. The molecule has 0 fully saturated rings. The van der Waals surface area contributed by atoms with Gasteiger partial charge in [-0.3, -0.25) is 4.79 Å². The molecule has 0 unspecified atom stereocenters. The largest absolute Gasteiger partial charge is 0.493 e. The molecule has 1 heterocycles. The van der Waals surface area contributed by atoms with E-state index in [-0.39, 0.29) is 12.5 Å². The quantitative estimate of drug-likeness (QED) is 0.781. The van der Waals surface area contributed by atoms with Gasteiger partial charge in [-0.05, 0) is 40.2 Å². The summed E-state index contributed by atoms with van der Waals surface area (Å²) in [6.45, 7) is 0.563. The lowest BCUT2D eigenvalue weighted by Crippen LogP contribution is -2.30. The van der Waals surface area contributed by atoms with E-state index in [1.165, 1.54) is 0 Å². The van der Waals surface area contributed by atoms with Gasteiger partial charge in [-0.15, -0.1) is 11.3 Å². The maximum atomic E-state index is 12.1. The van der Waals surface area contributed by atoms with Crippen LogP contribution in [-0.2, 0) is 11.3 Å². The number of carbonyl (C=O) groups excluding carboxylic acids is 1. The molecule has 4 nitrogen and oxygen atoms in total. The molecule has 1 amide bonds. The number of ether oxygens (including phenoxy) is 2. The van der Waals surface area contributed by atoms with E-state index in [1.807, 2.05) is 24.3 Å². The summed E-state index contributed by atoms with van der Waals surface area (Å²) in [5, 5.41) is 0. The number of thiophene rings is 1. The summed E-state index contributed by atoms with van der Waals surface area (Å²) < 4.78 is 11.8. The minimum absolute atomic E-state index is 0.0105. The van der Waals surface area contributed by atoms with Crippen LogP contribution in [0.1, 0.15) is 4.88 Å². The Morgan fingerprint density at radius 3 is 2.57 bits per heavy atom. The smallest absolute Gasteiger partial charge is 0.260 e. The van der Waals surface area contributed by atoms with Crippen molar-refractivity contribution in [3.05, 3.63) is 45.1 Å². The fourth-order valence-electron chi connectivity index (χ4n) is 1.75. The van der Waals surface area contributed by atoms with Gasteiger partial charge in [-0.1, -0.05) is 12.1 Å². The molecule has 1 aromatic carbocycles. The summed E-state index contributed by atoms with van der Waals surface area (Å²) in [5.41, 5.74) is 0. The molecule has 0 saturated heterocycles. The SMILES string of the molecule is COc1ccccc1OCC(=O)N(C)Cc1ccc(Br)s1. The van der Waals surface area contributed by atoms with Gasteiger partial charge in [0.15, 0.2) is 18.1 Å². The second kappa shape index (κ2) is 7.47. The van der Waals surface area contributed by atoms with E-state index in [0.29, 0.717) is 18.0 Å². The van der Waals surface area contributed by atoms with E-state index in [2.05, 4.69) is 15.9 Å². The number of amides is 1. The highest BCUT2D eigenvalue weighted by atomic mass is 79.9. The summed E-state index contributed by atoms with van der Waals surface area (Å²) in [6, 6.07) is 11.3. The summed E-state index contributed by atoms with van der Waals surface area (Å²) in [4.78, 5) is 14.8. The minimum atomic E-state index is -0.0783. The van der Waals surface area contributed by atoms with E-state index in [0.717, 1.165) is 8.66 Å². The van der Waals surface area contributed by atoms with Crippen molar-refractivity contribution < 1.29 is 14.3 Å². The molecule has 21 heavy (non-hydrogen) atoms. The zero-order valence-corrected chi connectivity index (χ0v) is 14.2. The number of rotatable bonds is 6. The molecule has 2 rings (SSSR count). The molecule has 0 bridgehead atoms. The van der Waals surface area contributed by atoms with Crippen LogP contribution in [0.5, 0.6) is 11.5 Å². The Morgan fingerprint density at radius 1 is 1.24 bits per heavy atom. The van der Waals surface area contributed by atoms with E-state index >= 15 is 0 Å². The molecule has 112 valence electrons. The van der Waals surface area contributed by atoms with Gasteiger partial charge in [0.1, 0.15) is 0 Å². The van der Waals surface area contributed by atoms with Crippen LogP contribution in [0.25, 0.3) is 0 Å². The Balaban J connectivity index is 1.89. The van der Waals surface area contributed by atoms with Crippen LogP contribution >= 0.6 is 27.3 Å². The lowest BCUT2D eigenvalue weighted by atomic mass is 10.3. The standard InChI is InChI=1S/C15H16BrNO3S/c1-17(9-11-7-8-14(16)21-11)15(18)10-20-13-6-4-3-5-12(13)19-2/h3-8H,9-10H2,1-2H3. The normalized spacial score (nSPS) is 10.2. The summed E-state index contributed by atoms with van der Waals surface area (Å²) in [7, 11) is 3.34. The van der Waals surface area contributed by atoms with Crippen LogP contribution in [0.3, 0.4) is 0 Å². The Bertz CT molecular complexity index is 614. The van der Waals surface area contributed by atoms with Crippen molar-refractivity contribution in [1.82, 2.24) is 4.90 Å². The predicted molar refractivity (Wildman–Crippen MR) is 87.0 cm³/mol. The Morgan fingerprint density at radius 2 is 1.95 bits per heavy atom. The number of nitrogens with zero attached hydrogens (tertiary/aromatic N) is 1. The number of methoxy groups -OCH3 is 1. The van der Waals surface area contributed by atoms with E-state index in [4.69, 9.17) is 9.47 Å². The molecule has 0 radical (unpaired) electrons. The fraction of sp³-hybridized carbons (Fsp3) is 0.267. The Kier molecular flexibility index (Phi) is 5.64. The molecule has 0 aliphatic rings. The average Bonchev–Trinajstić information content (AvgIpc) is 2.90. The van der Waals surface area contributed by atoms with Gasteiger partial charge in [-0.2, -0.15) is 0 Å². The summed E-state index contributed by atoms with van der Waals surface area (Å²) in [6.07, 6.45) is 0. The lowest BCUT2D eigenvalue weighted by Gasteiger charge is -2.17. The third-order valence-electron chi connectivity index (χ3n) is 2.87. The predicted octanol–water partition coefficient (Wildman–Crippen LogP) is 3.56. The molecule has 1 aromatic heterocycles. The third-order valence-corrected chi connectivity index (χ3v) is 4.48. The second-order valence-electron chi connectivity index (χ2n) is 4.40. The first-order valence-electron chi connectivity index (χ1n) is 6.34. The first kappa shape index (κ1) is 15.9. The summed E-state index contributed by atoms with van der Waals surface area (Å²) in [5.74, 6) is 1.11. The average molecular weight is 370 g/mol. The highest BCUT2D eigenvalue weighted by Gasteiger charge is 2.12. The van der Waals surface area contributed by atoms with Crippen molar-refractivity contribution in [2.45, 2.75) is 6.54 Å². The van der Waals surface area contributed by atoms with E-state index in [1.54, 1.807) is 42.5 Å². The van der Waals surface area contributed by atoms with E-state index < -0.39 is 0 Å². The van der Waals surface area contributed by atoms with Gasteiger partial charge >= 0.3 is 0 Å². The first-order chi connectivity index (χ1) is 10.1. The minimum Gasteiger partial charge on any atom is -0.493 e. The molecule has 0 N–H and O–H groups in total. The van der Waals surface area contributed by atoms with Crippen molar-refractivity contribution >= 4 is 33.2 Å². The number of benzene rings is 1. The zero-order chi connectivity index (χ0) is 15.2. The molecule has 0 aliphatic heterocycles. The van der Waals surface area contributed by atoms with Crippen molar-refractivity contribution in [2.24, 2.45) is 0 Å². The first-order valence-corrected chi connectivity index (χ1v) is 7.95. The van der Waals surface area contributed by atoms with Crippen molar-refractivity contribution in [2.75, 3.05) is 20.8 Å². The number of likely N-dealkylation sites (N-methyl/N-ethyl adjacent to an activating group) is 1. The Hall–Kier alpha value is -1.53. The molecule has 0 atom stereocenters.